The molecule has 2 aromatic heterocycles. The molecule has 0 radical (unpaired) electrons. The molecule has 1 unspecified atom stereocenters. The second-order valence-electron chi connectivity index (χ2n) is 5.21. The number of nitrogens with zero attached hydrogens (tertiary/aromatic N) is 2. The number of anilines is 1. The average molecular weight is 309 g/mol. The van der Waals surface area contributed by atoms with Gasteiger partial charge >= 0.3 is 5.97 Å². The highest BCUT2D eigenvalue weighted by Gasteiger charge is 2.21. The Balaban J connectivity index is 2.46. The number of hydrogen-bond acceptors (Lipinski definition) is 6. The summed E-state index contributed by atoms with van der Waals surface area (Å²) in [6, 6.07) is 0.0979. The number of rotatable bonds is 6. The molecule has 0 saturated carbocycles. The minimum Gasteiger partial charge on any atom is -0.477 e. The van der Waals surface area contributed by atoms with Gasteiger partial charge in [-0.1, -0.05) is 13.8 Å². The number of hydrogen-bond donors (Lipinski definition) is 2. The van der Waals surface area contributed by atoms with Crippen LogP contribution in [0.3, 0.4) is 0 Å². The van der Waals surface area contributed by atoms with E-state index in [-0.39, 0.29) is 6.04 Å². The Kier molecular flexibility index (Phi) is 4.74. The molecule has 0 aromatic carbocycles. The SMILES string of the molecule is COCC(Nc1ncnc2sc(C(=O)O)c(C)c12)C(C)C. The molecule has 2 rings (SSSR count). The maximum atomic E-state index is 11.3. The van der Waals surface area contributed by atoms with Crippen LogP contribution in [0.1, 0.15) is 29.1 Å². The van der Waals surface area contributed by atoms with E-state index in [0.29, 0.717) is 33.6 Å². The van der Waals surface area contributed by atoms with E-state index >= 15 is 0 Å². The van der Waals surface area contributed by atoms with Gasteiger partial charge in [0.15, 0.2) is 0 Å². The lowest BCUT2D eigenvalue weighted by atomic mass is 10.1. The van der Waals surface area contributed by atoms with Gasteiger partial charge in [0.05, 0.1) is 18.0 Å². The van der Waals surface area contributed by atoms with Crippen LogP contribution in [-0.2, 0) is 4.74 Å². The zero-order valence-corrected chi connectivity index (χ0v) is 13.3. The maximum Gasteiger partial charge on any atom is 0.346 e. The third-order valence-corrected chi connectivity index (χ3v) is 4.58. The largest absolute Gasteiger partial charge is 0.477 e. The fourth-order valence-electron chi connectivity index (χ4n) is 2.14. The van der Waals surface area contributed by atoms with Crippen molar-refractivity contribution >= 4 is 33.3 Å². The molecule has 0 bridgehead atoms. The summed E-state index contributed by atoms with van der Waals surface area (Å²) in [5.41, 5.74) is 0.700. The third-order valence-electron chi connectivity index (χ3n) is 3.39. The molecule has 21 heavy (non-hydrogen) atoms. The lowest BCUT2D eigenvalue weighted by Gasteiger charge is -2.22. The molecule has 0 spiro atoms. The number of carboxylic acids is 1. The first kappa shape index (κ1) is 15.7. The van der Waals surface area contributed by atoms with E-state index in [1.807, 2.05) is 0 Å². The van der Waals surface area contributed by atoms with Crippen LogP contribution in [0.4, 0.5) is 5.82 Å². The number of thiophene rings is 1. The zero-order chi connectivity index (χ0) is 15.6. The van der Waals surface area contributed by atoms with Crippen LogP contribution >= 0.6 is 11.3 Å². The summed E-state index contributed by atoms with van der Waals surface area (Å²) in [6.45, 7) is 6.53. The topological polar surface area (TPSA) is 84.3 Å². The quantitative estimate of drug-likeness (QED) is 0.853. The molecule has 2 aromatic rings. The molecule has 0 aliphatic carbocycles. The summed E-state index contributed by atoms with van der Waals surface area (Å²) in [4.78, 5) is 20.7. The molecular weight excluding hydrogens is 290 g/mol. The van der Waals surface area contributed by atoms with Crippen molar-refractivity contribution < 1.29 is 14.6 Å². The Hall–Kier alpha value is -1.73. The number of aryl methyl sites for hydroxylation is 1. The monoisotopic (exact) mass is 309 g/mol. The van der Waals surface area contributed by atoms with Crippen LogP contribution in [0.2, 0.25) is 0 Å². The van der Waals surface area contributed by atoms with Crippen LogP contribution in [-0.4, -0.2) is 40.8 Å². The fraction of sp³-hybridized carbons (Fsp3) is 0.500. The Morgan fingerprint density at radius 1 is 1.48 bits per heavy atom. The van der Waals surface area contributed by atoms with Gasteiger partial charge in [0.1, 0.15) is 21.9 Å². The van der Waals surface area contributed by atoms with Gasteiger partial charge in [0.2, 0.25) is 0 Å². The van der Waals surface area contributed by atoms with Gasteiger partial charge in [0, 0.05) is 7.11 Å². The second-order valence-corrected chi connectivity index (χ2v) is 6.21. The summed E-state index contributed by atoms with van der Waals surface area (Å²) in [7, 11) is 1.66. The molecule has 114 valence electrons. The van der Waals surface area contributed by atoms with E-state index in [1.165, 1.54) is 17.7 Å². The second kappa shape index (κ2) is 6.36. The third kappa shape index (κ3) is 3.14. The lowest BCUT2D eigenvalue weighted by Crippen LogP contribution is -2.30. The molecular formula is C14H19N3O3S. The van der Waals surface area contributed by atoms with Crippen molar-refractivity contribution in [3.05, 3.63) is 16.8 Å². The van der Waals surface area contributed by atoms with Crippen LogP contribution in [0.25, 0.3) is 10.2 Å². The van der Waals surface area contributed by atoms with Crippen molar-refractivity contribution in [3.63, 3.8) is 0 Å². The molecule has 6 nitrogen and oxygen atoms in total. The number of fused-ring (bicyclic) bond motifs is 1. The van der Waals surface area contributed by atoms with E-state index in [0.717, 1.165) is 5.39 Å². The Morgan fingerprint density at radius 3 is 2.76 bits per heavy atom. The molecule has 1 atom stereocenters. The smallest absolute Gasteiger partial charge is 0.346 e. The minimum atomic E-state index is -0.932. The fourth-order valence-corrected chi connectivity index (χ4v) is 3.13. The average Bonchev–Trinajstić information content (AvgIpc) is 2.77. The molecule has 0 aliphatic rings. The molecule has 7 heteroatoms. The minimum absolute atomic E-state index is 0.0979. The van der Waals surface area contributed by atoms with E-state index in [9.17, 15) is 9.90 Å². The number of ether oxygens (including phenoxy) is 1. The highest BCUT2D eigenvalue weighted by Crippen LogP contribution is 2.33. The molecule has 0 fully saturated rings. The number of methoxy groups -OCH3 is 1. The van der Waals surface area contributed by atoms with Crippen LogP contribution < -0.4 is 5.32 Å². The van der Waals surface area contributed by atoms with Crippen molar-refractivity contribution in [2.45, 2.75) is 26.8 Å². The Morgan fingerprint density at radius 2 is 2.19 bits per heavy atom. The number of carbonyl (C=O) groups is 1. The predicted octanol–water partition coefficient (Wildman–Crippen LogP) is 2.78. The van der Waals surface area contributed by atoms with Gasteiger partial charge in [-0.05, 0) is 18.4 Å². The maximum absolute atomic E-state index is 11.3. The standard InChI is InChI=1S/C14H19N3O3S/c1-7(2)9(5-20-4)17-12-10-8(3)11(14(18)19)21-13(10)16-6-15-12/h6-7,9H,5H2,1-4H3,(H,18,19)(H,15,16,17). The van der Waals surface area contributed by atoms with Crippen LogP contribution in [0.5, 0.6) is 0 Å². The predicted molar refractivity (Wildman–Crippen MR) is 83.2 cm³/mol. The summed E-state index contributed by atoms with van der Waals surface area (Å²) < 4.78 is 5.23. The van der Waals surface area contributed by atoms with Crippen molar-refractivity contribution in [1.82, 2.24) is 9.97 Å². The molecule has 0 amide bonds. The van der Waals surface area contributed by atoms with Gasteiger partial charge in [-0.3, -0.25) is 0 Å². The number of aromatic nitrogens is 2. The molecule has 0 aliphatic heterocycles. The van der Waals surface area contributed by atoms with Gasteiger partial charge < -0.3 is 15.2 Å². The van der Waals surface area contributed by atoms with E-state index in [1.54, 1.807) is 14.0 Å². The summed E-state index contributed by atoms with van der Waals surface area (Å²) in [5.74, 6) is 0.0867. The number of carboxylic acid groups (broad SMARTS) is 1. The van der Waals surface area contributed by atoms with Gasteiger partial charge in [0.25, 0.3) is 0 Å². The summed E-state index contributed by atoms with van der Waals surface area (Å²) >= 11 is 1.17. The van der Waals surface area contributed by atoms with Crippen molar-refractivity contribution in [2.75, 3.05) is 19.0 Å². The normalized spacial score (nSPS) is 12.8. The van der Waals surface area contributed by atoms with Gasteiger partial charge in [-0.2, -0.15) is 0 Å². The van der Waals surface area contributed by atoms with Crippen LogP contribution in [0.15, 0.2) is 6.33 Å². The van der Waals surface area contributed by atoms with Gasteiger partial charge in [-0.25, -0.2) is 14.8 Å². The van der Waals surface area contributed by atoms with Crippen molar-refractivity contribution in [1.29, 1.82) is 0 Å². The highest BCUT2D eigenvalue weighted by molar-refractivity contribution is 7.20. The number of aromatic carboxylic acids is 1. The first-order valence-electron chi connectivity index (χ1n) is 6.68. The summed E-state index contributed by atoms with van der Waals surface area (Å²) in [6.07, 6.45) is 1.45. The van der Waals surface area contributed by atoms with E-state index < -0.39 is 5.97 Å². The molecule has 2 heterocycles. The van der Waals surface area contributed by atoms with Crippen molar-refractivity contribution in [2.24, 2.45) is 5.92 Å². The molecule has 0 saturated heterocycles. The van der Waals surface area contributed by atoms with E-state index in [4.69, 9.17) is 4.74 Å². The van der Waals surface area contributed by atoms with E-state index in [2.05, 4.69) is 29.1 Å². The van der Waals surface area contributed by atoms with Gasteiger partial charge in [-0.15, -0.1) is 11.3 Å². The zero-order valence-electron chi connectivity index (χ0n) is 12.5. The highest BCUT2D eigenvalue weighted by atomic mass is 32.1. The first-order chi connectivity index (χ1) is 9.95. The Labute approximate surface area is 127 Å². The lowest BCUT2D eigenvalue weighted by molar-refractivity contribution is 0.0701. The number of nitrogens with one attached hydrogen (secondary N) is 1. The summed E-state index contributed by atoms with van der Waals surface area (Å²) in [5, 5.41) is 13.4. The van der Waals surface area contributed by atoms with Crippen molar-refractivity contribution in [3.8, 4) is 0 Å². The Bertz CT molecular complexity index is 654. The van der Waals surface area contributed by atoms with Crippen LogP contribution in [0, 0.1) is 12.8 Å². The molecule has 2 N–H and O–H groups in total. The first-order valence-corrected chi connectivity index (χ1v) is 7.50.